The standard InChI is InChI=1S/C4H7NO.C4H10O3S/c1-3(2)4(5)6;1-2-3-4-8(5,6)7/h1H2,2H3,(H2,5,6);2-4H2,1H3,(H,5,6,7). The first-order valence-corrected chi connectivity index (χ1v) is 5.72. The molecule has 0 bridgehead atoms. The van der Waals surface area contributed by atoms with Gasteiger partial charge in [0.15, 0.2) is 0 Å². The van der Waals surface area contributed by atoms with E-state index in [2.05, 4.69) is 6.58 Å². The topological polar surface area (TPSA) is 97.5 Å². The molecule has 0 aromatic heterocycles. The van der Waals surface area contributed by atoms with Crippen LogP contribution in [0.25, 0.3) is 0 Å². The van der Waals surface area contributed by atoms with E-state index in [0.717, 1.165) is 6.42 Å². The molecule has 0 radical (unpaired) electrons. The van der Waals surface area contributed by atoms with Crippen molar-refractivity contribution in [2.24, 2.45) is 5.73 Å². The Morgan fingerprint density at radius 1 is 1.50 bits per heavy atom. The van der Waals surface area contributed by atoms with E-state index in [1.165, 1.54) is 0 Å². The average Bonchev–Trinajstić information content (AvgIpc) is 2.00. The van der Waals surface area contributed by atoms with Gasteiger partial charge in [0.05, 0.1) is 5.75 Å². The summed E-state index contributed by atoms with van der Waals surface area (Å²) in [4.78, 5) is 9.82. The van der Waals surface area contributed by atoms with Gasteiger partial charge in [0.1, 0.15) is 0 Å². The minimum absolute atomic E-state index is 0.108. The van der Waals surface area contributed by atoms with E-state index < -0.39 is 16.0 Å². The fourth-order valence-corrected chi connectivity index (χ4v) is 0.980. The Morgan fingerprint density at radius 3 is 1.93 bits per heavy atom. The van der Waals surface area contributed by atoms with Gasteiger partial charge in [-0.1, -0.05) is 19.9 Å². The fourth-order valence-electron chi connectivity index (χ4n) is 0.327. The van der Waals surface area contributed by atoms with Gasteiger partial charge in [-0.2, -0.15) is 8.42 Å². The predicted molar refractivity (Wildman–Crippen MR) is 55.3 cm³/mol. The number of amides is 1. The Kier molecular flexibility index (Phi) is 8.37. The molecule has 0 fully saturated rings. The van der Waals surface area contributed by atoms with E-state index in [1.807, 2.05) is 6.92 Å². The summed E-state index contributed by atoms with van der Waals surface area (Å²) >= 11 is 0. The quantitative estimate of drug-likeness (QED) is 0.542. The van der Waals surface area contributed by atoms with Gasteiger partial charge in [-0.3, -0.25) is 9.35 Å². The highest BCUT2D eigenvalue weighted by Gasteiger charge is 2.00. The highest BCUT2D eigenvalue weighted by molar-refractivity contribution is 7.85. The molecule has 0 aliphatic heterocycles. The third-order valence-electron chi connectivity index (χ3n) is 1.18. The third kappa shape index (κ3) is 17.3. The Bertz CT molecular complexity index is 270. The van der Waals surface area contributed by atoms with E-state index in [1.54, 1.807) is 6.92 Å². The van der Waals surface area contributed by atoms with Crippen LogP contribution < -0.4 is 5.73 Å². The molecule has 84 valence electrons. The molecule has 0 aromatic rings. The van der Waals surface area contributed by atoms with Crippen LogP contribution in [0.1, 0.15) is 26.7 Å². The smallest absolute Gasteiger partial charge is 0.264 e. The van der Waals surface area contributed by atoms with Crippen molar-refractivity contribution in [3.05, 3.63) is 12.2 Å². The molecule has 0 rings (SSSR count). The molecule has 0 heterocycles. The van der Waals surface area contributed by atoms with E-state index in [0.29, 0.717) is 12.0 Å². The molecule has 0 saturated heterocycles. The summed E-state index contributed by atoms with van der Waals surface area (Å²) < 4.78 is 28.0. The van der Waals surface area contributed by atoms with Crippen molar-refractivity contribution >= 4 is 16.0 Å². The van der Waals surface area contributed by atoms with Gasteiger partial charge in [0.25, 0.3) is 10.1 Å². The molecule has 0 aliphatic rings. The lowest BCUT2D eigenvalue weighted by molar-refractivity contribution is -0.114. The summed E-state index contributed by atoms with van der Waals surface area (Å²) in [6.07, 6.45) is 1.33. The summed E-state index contributed by atoms with van der Waals surface area (Å²) in [5, 5.41) is 0. The van der Waals surface area contributed by atoms with E-state index >= 15 is 0 Å². The molecule has 0 spiro atoms. The lowest BCUT2D eigenvalue weighted by Crippen LogP contribution is -2.10. The van der Waals surface area contributed by atoms with Crippen LogP contribution in [0.3, 0.4) is 0 Å². The highest BCUT2D eigenvalue weighted by Crippen LogP contribution is 1.90. The SMILES string of the molecule is C=C(C)C(N)=O.CCCCS(=O)(=O)O. The van der Waals surface area contributed by atoms with E-state index in [4.69, 9.17) is 10.3 Å². The zero-order chi connectivity index (χ0) is 11.8. The first-order chi connectivity index (χ1) is 6.20. The average molecular weight is 223 g/mol. The van der Waals surface area contributed by atoms with E-state index in [9.17, 15) is 13.2 Å². The molecule has 6 heteroatoms. The van der Waals surface area contributed by atoms with Crippen LogP contribution in [0.5, 0.6) is 0 Å². The van der Waals surface area contributed by atoms with Gasteiger partial charge in [0, 0.05) is 5.57 Å². The van der Waals surface area contributed by atoms with Crippen molar-refractivity contribution in [3.63, 3.8) is 0 Å². The summed E-state index contributed by atoms with van der Waals surface area (Å²) in [5.41, 5.74) is 5.09. The molecule has 0 saturated carbocycles. The molecule has 14 heavy (non-hydrogen) atoms. The Balaban J connectivity index is 0. The molecule has 0 aromatic carbocycles. The number of carbonyl (C=O) groups excluding carboxylic acids is 1. The van der Waals surface area contributed by atoms with Gasteiger partial charge in [0.2, 0.25) is 5.91 Å². The molecule has 1 amide bonds. The van der Waals surface area contributed by atoms with Crippen molar-refractivity contribution in [2.45, 2.75) is 26.7 Å². The predicted octanol–water partition coefficient (Wildman–Crippen LogP) is 0.722. The number of nitrogens with two attached hydrogens (primary N) is 1. The largest absolute Gasteiger partial charge is 0.366 e. The summed E-state index contributed by atoms with van der Waals surface area (Å²) in [5.74, 6) is -0.543. The maximum atomic E-state index is 9.95. The molecule has 3 N–H and O–H groups in total. The molecular weight excluding hydrogens is 206 g/mol. The van der Waals surface area contributed by atoms with Crippen LogP contribution >= 0.6 is 0 Å². The van der Waals surface area contributed by atoms with Gasteiger partial charge < -0.3 is 5.73 Å². The molecule has 5 nitrogen and oxygen atoms in total. The fraction of sp³-hybridized carbons (Fsp3) is 0.625. The number of hydrogen-bond acceptors (Lipinski definition) is 3. The Hall–Kier alpha value is -0.880. The zero-order valence-electron chi connectivity index (χ0n) is 8.49. The lowest BCUT2D eigenvalue weighted by atomic mass is 10.3. The Labute approximate surface area is 84.7 Å². The van der Waals surface area contributed by atoms with Gasteiger partial charge in [-0.25, -0.2) is 0 Å². The van der Waals surface area contributed by atoms with Crippen LogP contribution in [0.15, 0.2) is 12.2 Å². The van der Waals surface area contributed by atoms with Crippen LogP contribution in [0.4, 0.5) is 0 Å². The second-order valence-electron chi connectivity index (χ2n) is 2.78. The van der Waals surface area contributed by atoms with Crippen LogP contribution in [0, 0.1) is 0 Å². The van der Waals surface area contributed by atoms with Crippen molar-refractivity contribution in [1.82, 2.24) is 0 Å². The van der Waals surface area contributed by atoms with Crippen LogP contribution in [-0.2, 0) is 14.9 Å². The first kappa shape index (κ1) is 15.6. The maximum Gasteiger partial charge on any atom is 0.264 e. The minimum Gasteiger partial charge on any atom is -0.366 e. The number of rotatable bonds is 4. The number of unbranched alkanes of at least 4 members (excludes halogenated alkanes) is 1. The van der Waals surface area contributed by atoms with Crippen LogP contribution in [-0.4, -0.2) is 24.6 Å². The Morgan fingerprint density at radius 2 is 1.86 bits per heavy atom. The van der Waals surface area contributed by atoms with Gasteiger partial charge in [-0.15, -0.1) is 0 Å². The zero-order valence-corrected chi connectivity index (χ0v) is 9.30. The summed E-state index contributed by atoms with van der Waals surface area (Å²) in [6, 6.07) is 0. The molecule has 0 aliphatic carbocycles. The third-order valence-corrected chi connectivity index (χ3v) is 1.98. The monoisotopic (exact) mass is 223 g/mol. The van der Waals surface area contributed by atoms with Crippen molar-refractivity contribution in [2.75, 3.05) is 5.75 Å². The summed E-state index contributed by atoms with van der Waals surface area (Å²) in [6.45, 7) is 6.72. The van der Waals surface area contributed by atoms with Gasteiger partial charge in [-0.05, 0) is 13.3 Å². The molecule has 0 atom stereocenters. The minimum atomic E-state index is -3.69. The normalized spacial score (nSPS) is 9.93. The summed E-state index contributed by atoms with van der Waals surface area (Å²) in [7, 11) is -3.69. The number of hydrogen-bond donors (Lipinski definition) is 2. The number of carbonyl (C=O) groups is 1. The van der Waals surface area contributed by atoms with E-state index in [-0.39, 0.29) is 5.75 Å². The second kappa shape index (κ2) is 7.52. The second-order valence-corrected chi connectivity index (χ2v) is 4.36. The number of primary amides is 1. The maximum absolute atomic E-state index is 9.95. The molecular formula is C8H17NO4S. The van der Waals surface area contributed by atoms with Gasteiger partial charge >= 0.3 is 0 Å². The van der Waals surface area contributed by atoms with Crippen LogP contribution in [0.2, 0.25) is 0 Å². The van der Waals surface area contributed by atoms with Crippen molar-refractivity contribution in [3.8, 4) is 0 Å². The van der Waals surface area contributed by atoms with Crippen molar-refractivity contribution < 1.29 is 17.8 Å². The highest BCUT2D eigenvalue weighted by atomic mass is 32.2. The first-order valence-electron chi connectivity index (χ1n) is 4.11. The van der Waals surface area contributed by atoms with Crippen molar-refractivity contribution in [1.29, 1.82) is 0 Å². The lowest BCUT2D eigenvalue weighted by Gasteiger charge is -1.90. The molecule has 0 unspecified atom stereocenters.